The Morgan fingerprint density at radius 1 is 1.41 bits per heavy atom. The Hall–Kier alpha value is -1.79. The lowest BCUT2D eigenvalue weighted by molar-refractivity contribution is -0.115. The van der Waals surface area contributed by atoms with E-state index in [0.29, 0.717) is 12.8 Å². The molecule has 90 valence electrons. The second-order valence-electron chi connectivity index (χ2n) is 3.76. The second-order valence-corrected chi connectivity index (χ2v) is 3.76. The summed E-state index contributed by atoms with van der Waals surface area (Å²) >= 11 is 0. The molecule has 0 aliphatic heterocycles. The van der Waals surface area contributed by atoms with Gasteiger partial charge in [-0.25, -0.2) is 0 Å². The first-order valence-electron chi connectivity index (χ1n) is 5.67. The van der Waals surface area contributed by atoms with Crippen molar-refractivity contribution in [2.24, 2.45) is 0 Å². The van der Waals surface area contributed by atoms with E-state index >= 15 is 0 Å². The average Bonchev–Trinajstić information content (AvgIpc) is 2.28. The van der Waals surface area contributed by atoms with Gasteiger partial charge in [-0.05, 0) is 30.7 Å². The van der Waals surface area contributed by atoms with Crippen LogP contribution in [0, 0.1) is 18.8 Å². The zero-order chi connectivity index (χ0) is 12.7. The summed E-state index contributed by atoms with van der Waals surface area (Å²) in [4.78, 5) is 11.3. The first-order chi connectivity index (χ1) is 8.15. The molecule has 1 rings (SSSR count). The van der Waals surface area contributed by atoms with Crippen molar-refractivity contribution in [3.05, 3.63) is 29.3 Å². The lowest BCUT2D eigenvalue weighted by atomic mass is 10.1. The molecule has 0 aromatic heterocycles. The fourth-order valence-corrected chi connectivity index (χ4v) is 1.40. The average molecular weight is 231 g/mol. The van der Waals surface area contributed by atoms with Crippen LogP contribution < -0.4 is 5.32 Å². The molecule has 0 saturated heterocycles. The Labute approximate surface area is 102 Å². The van der Waals surface area contributed by atoms with Crippen LogP contribution >= 0.6 is 0 Å². The van der Waals surface area contributed by atoms with E-state index in [9.17, 15) is 4.79 Å². The van der Waals surface area contributed by atoms with E-state index in [1.54, 1.807) is 0 Å². The number of aryl methyl sites for hydroxylation is 1. The van der Waals surface area contributed by atoms with Gasteiger partial charge in [0.15, 0.2) is 0 Å². The van der Waals surface area contributed by atoms with Gasteiger partial charge in [0.2, 0.25) is 5.91 Å². The zero-order valence-electron chi connectivity index (χ0n) is 10.2. The summed E-state index contributed by atoms with van der Waals surface area (Å²) in [5.41, 5.74) is 2.67. The molecule has 0 spiro atoms. The molecule has 3 heteroatoms. The predicted octanol–water partition coefficient (Wildman–Crippen LogP) is 2.08. The largest absolute Gasteiger partial charge is 0.395 e. The number of carbonyl (C=O) groups excluding carboxylic acids is 1. The Morgan fingerprint density at radius 2 is 2.18 bits per heavy atom. The molecule has 0 unspecified atom stereocenters. The van der Waals surface area contributed by atoms with E-state index in [0.717, 1.165) is 16.8 Å². The molecule has 2 N–H and O–H groups in total. The number of aliphatic hydroxyl groups is 1. The minimum absolute atomic E-state index is 0.00938. The van der Waals surface area contributed by atoms with Gasteiger partial charge in [0.1, 0.15) is 0 Å². The third-order valence-electron chi connectivity index (χ3n) is 2.15. The van der Waals surface area contributed by atoms with Crippen LogP contribution in [0.1, 0.15) is 30.9 Å². The van der Waals surface area contributed by atoms with Crippen molar-refractivity contribution in [2.45, 2.75) is 26.7 Å². The summed E-state index contributed by atoms with van der Waals surface area (Å²) in [5, 5.41) is 11.5. The summed E-state index contributed by atoms with van der Waals surface area (Å²) in [6.07, 6.45) is 0.921. The number of benzene rings is 1. The number of hydrogen-bond acceptors (Lipinski definition) is 2. The Balaban J connectivity index is 2.87. The lowest BCUT2D eigenvalue weighted by Gasteiger charge is -2.05. The van der Waals surface area contributed by atoms with Gasteiger partial charge in [-0.2, -0.15) is 0 Å². The lowest BCUT2D eigenvalue weighted by Crippen LogP contribution is -2.09. The topological polar surface area (TPSA) is 49.3 Å². The summed E-state index contributed by atoms with van der Waals surface area (Å²) < 4.78 is 0. The summed E-state index contributed by atoms with van der Waals surface area (Å²) in [5.74, 6) is 5.81. The molecule has 0 fully saturated rings. The molecule has 0 bridgehead atoms. The van der Waals surface area contributed by atoms with Crippen molar-refractivity contribution >= 4 is 11.6 Å². The minimum Gasteiger partial charge on any atom is -0.395 e. The molecule has 0 aliphatic carbocycles. The number of nitrogens with one attached hydrogen (secondary N) is 1. The summed E-state index contributed by atoms with van der Waals surface area (Å²) in [6.45, 7) is 3.84. The highest BCUT2D eigenvalue weighted by molar-refractivity contribution is 5.90. The van der Waals surface area contributed by atoms with Gasteiger partial charge in [0.25, 0.3) is 0 Å². The van der Waals surface area contributed by atoms with Gasteiger partial charge < -0.3 is 10.4 Å². The van der Waals surface area contributed by atoms with Gasteiger partial charge in [0.05, 0.1) is 6.61 Å². The molecule has 17 heavy (non-hydrogen) atoms. The van der Waals surface area contributed by atoms with Crippen LogP contribution in [0.2, 0.25) is 0 Å². The highest BCUT2D eigenvalue weighted by Crippen LogP contribution is 2.14. The first kappa shape index (κ1) is 13.3. The van der Waals surface area contributed by atoms with Crippen molar-refractivity contribution in [1.29, 1.82) is 0 Å². The van der Waals surface area contributed by atoms with Gasteiger partial charge in [0, 0.05) is 24.1 Å². The molecule has 3 nitrogen and oxygen atoms in total. The van der Waals surface area contributed by atoms with Gasteiger partial charge >= 0.3 is 0 Å². The number of hydrogen-bond donors (Lipinski definition) is 2. The SMILES string of the molecule is CCC(=O)Nc1cc(C)cc(C#CCCO)c1. The van der Waals surface area contributed by atoms with E-state index in [1.165, 1.54) is 0 Å². The van der Waals surface area contributed by atoms with Crippen molar-refractivity contribution in [2.75, 3.05) is 11.9 Å². The maximum absolute atomic E-state index is 11.3. The molecule has 0 heterocycles. The van der Waals surface area contributed by atoms with E-state index < -0.39 is 0 Å². The van der Waals surface area contributed by atoms with Crippen molar-refractivity contribution < 1.29 is 9.90 Å². The monoisotopic (exact) mass is 231 g/mol. The fourth-order valence-electron chi connectivity index (χ4n) is 1.40. The van der Waals surface area contributed by atoms with Crippen LogP contribution in [-0.2, 0) is 4.79 Å². The van der Waals surface area contributed by atoms with Gasteiger partial charge in [-0.1, -0.05) is 18.8 Å². The van der Waals surface area contributed by atoms with Crippen LogP contribution in [0.4, 0.5) is 5.69 Å². The Morgan fingerprint density at radius 3 is 2.82 bits per heavy atom. The molecular formula is C14H17NO2. The molecule has 1 aromatic rings. The van der Waals surface area contributed by atoms with Crippen molar-refractivity contribution in [3.63, 3.8) is 0 Å². The highest BCUT2D eigenvalue weighted by Gasteiger charge is 2.00. The number of carbonyl (C=O) groups is 1. The zero-order valence-corrected chi connectivity index (χ0v) is 10.2. The number of amides is 1. The standard InChI is InChI=1S/C14H17NO2/c1-3-14(17)15-13-9-11(2)8-12(10-13)6-4-5-7-16/h8-10,16H,3,5,7H2,1-2H3,(H,15,17). The van der Waals surface area contributed by atoms with Crippen LogP contribution in [0.5, 0.6) is 0 Å². The third-order valence-corrected chi connectivity index (χ3v) is 2.15. The van der Waals surface area contributed by atoms with E-state index in [-0.39, 0.29) is 12.5 Å². The summed E-state index contributed by atoms with van der Waals surface area (Å²) in [7, 11) is 0. The highest BCUT2D eigenvalue weighted by atomic mass is 16.2. The molecule has 1 aromatic carbocycles. The maximum Gasteiger partial charge on any atom is 0.224 e. The minimum atomic E-state index is -0.00938. The smallest absolute Gasteiger partial charge is 0.224 e. The van der Waals surface area contributed by atoms with E-state index in [1.807, 2.05) is 32.0 Å². The second kappa shape index (κ2) is 6.72. The Bertz CT molecular complexity index is 455. The van der Waals surface area contributed by atoms with Crippen LogP contribution in [0.3, 0.4) is 0 Å². The van der Waals surface area contributed by atoms with E-state index in [4.69, 9.17) is 5.11 Å². The quantitative estimate of drug-likeness (QED) is 0.782. The maximum atomic E-state index is 11.3. The summed E-state index contributed by atoms with van der Waals surface area (Å²) in [6, 6.07) is 5.70. The number of aliphatic hydroxyl groups excluding tert-OH is 1. The fraction of sp³-hybridized carbons (Fsp3) is 0.357. The van der Waals surface area contributed by atoms with Crippen LogP contribution in [0.25, 0.3) is 0 Å². The van der Waals surface area contributed by atoms with Crippen LogP contribution in [-0.4, -0.2) is 17.6 Å². The molecule has 0 radical (unpaired) electrons. The number of rotatable bonds is 3. The molecular weight excluding hydrogens is 214 g/mol. The predicted molar refractivity (Wildman–Crippen MR) is 68.7 cm³/mol. The first-order valence-corrected chi connectivity index (χ1v) is 5.67. The van der Waals surface area contributed by atoms with Crippen LogP contribution in [0.15, 0.2) is 18.2 Å². The van der Waals surface area contributed by atoms with Crippen molar-refractivity contribution in [3.8, 4) is 11.8 Å². The van der Waals surface area contributed by atoms with Gasteiger partial charge in [-0.3, -0.25) is 4.79 Å². The molecule has 0 aliphatic rings. The van der Waals surface area contributed by atoms with Crippen molar-refractivity contribution in [1.82, 2.24) is 0 Å². The Kier molecular flexibility index (Phi) is 5.25. The molecule has 1 amide bonds. The van der Waals surface area contributed by atoms with E-state index in [2.05, 4.69) is 17.2 Å². The molecule has 0 saturated carbocycles. The molecule has 0 atom stereocenters. The third kappa shape index (κ3) is 4.71. The van der Waals surface area contributed by atoms with Gasteiger partial charge in [-0.15, -0.1) is 0 Å². The normalized spacial score (nSPS) is 9.35. The number of anilines is 1.